The van der Waals surface area contributed by atoms with Crippen LogP contribution in [0.1, 0.15) is 5.69 Å². The Bertz CT molecular complexity index is 450. The fourth-order valence-electron chi connectivity index (χ4n) is 1.35. The first kappa shape index (κ1) is 8.56. The second kappa shape index (κ2) is 3.03. The van der Waals surface area contributed by atoms with Crippen LogP contribution in [0.3, 0.4) is 0 Å². The molecule has 4 heteroatoms. The Morgan fingerprint density at radius 3 is 2.92 bits per heavy atom. The van der Waals surface area contributed by atoms with E-state index in [0.29, 0.717) is 0 Å². The number of ether oxygens (including phenoxy) is 1. The number of aryl methyl sites for hydroxylation is 1. The third kappa shape index (κ3) is 1.21. The summed E-state index contributed by atoms with van der Waals surface area (Å²) < 4.78 is 8.13. The molecule has 2 aromatic rings. The number of hydrogen-bond acceptors (Lipinski definition) is 2. The molecule has 0 saturated heterocycles. The zero-order chi connectivity index (χ0) is 9.42. The fraction of sp³-hybridized carbons (Fsp3) is 0.222. The molecular formula is C9H9BrN2O. The van der Waals surface area contributed by atoms with Crippen molar-refractivity contribution in [1.82, 2.24) is 9.38 Å². The number of pyridine rings is 1. The highest BCUT2D eigenvalue weighted by Gasteiger charge is 2.07. The Morgan fingerprint density at radius 1 is 1.46 bits per heavy atom. The average Bonchev–Trinajstić information content (AvgIpc) is 2.50. The maximum absolute atomic E-state index is 5.19. The van der Waals surface area contributed by atoms with E-state index in [4.69, 9.17) is 4.74 Å². The van der Waals surface area contributed by atoms with Crippen molar-refractivity contribution >= 4 is 21.6 Å². The number of nitrogens with zero attached hydrogens (tertiary/aromatic N) is 2. The minimum atomic E-state index is 0.788. The molecule has 0 fully saturated rings. The summed E-state index contributed by atoms with van der Waals surface area (Å²) in [6.07, 6.45) is 1.77. The SMILES string of the molecule is COc1ccc(C)n2c(Br)cnc12. The van der Waals surface area contributed by atoms with Gasteiger partial charge in [0.25, 0.3) is 0 Å². The number of rotatable bonds is 1. The van der Waals surface area contributed by atoms with Crippen LogP contribution in [0.4, 0.5) is 0 Å². The molecule has 0 bridgehead atoms. The van der Waals surface area contributed by atoms with E-state index in [-0.39, 0.29) is 0 Å². The minimum absolute atomic E-state index is 0.788. The van der Waals surface area contributed by atoms with Gasteiger partial charge in [0, 0.05) is 5.69 Å². The van der Waals surface area contributed by atoms with Crippen LogP contribution in [0, 0.1) is 6.92 Å². The molecule has 0 aliphatic rings. The average molecular weight is 241 g/mol. The lowest BCUT2D eigenvalue weighted by atomic mass is 10.3. The van der Waals surface area contributed by atoms with E-state index in [0.717, 1.165) is 21.7 Å². The summed E-state index contributed by atoms with van der Waals surface area (Å²) in [5.41, 5.74) is 1.97. The van der Waals surface area contributed by atoms with Crippen molar-refractivity contribution in [2.75, 3.05) is 7.11 Å². The predicted octanol–water partition coefficient (Wildman–Crippen LogP) is 2.41. The lowest BCUT2D eigenvalue weighted by Crippen LogP contribution is -1.94. The molecular weight excluding hydrogens is 232 g/mol. The monoisotopic (exact) mass is 240 g/mol. The first-order chi connectivity index (χ1) is 6.24. The van der Waals surface area contributed by atoms with E-state index >= 15 is 0 Å². The lowest BCUT2D eigenvalue weighted by molar-refractivity contribution is 0.416. The highest BCUT2D eigenvalue weighted by Crippen LogP contribution is 2.23. The Hall–Kier alpha value is -1.03. The number of imidazole rings is 1. The van der Waals surface area contributed by atoms with Gasteiger partial charge in [-0.15, -0.1) is 0 Å². The van der Waals surface area contributed by atoms with Gasteiger partial charge in [-0.2, -0.15) is 0 Å². The predicted molar refractivity (Wildman–Crippen MR) is 54.2 cm³/mol. The first-order valence-electron chi connectivity index (χ1n) is 3.90. The van der Waals surface area contributed by atoms with Crippen molar-refractivity contribution in [3.63, 3.8) is 0 Å². The van der Waals surface area contributed by atoms with Crippen molar-refractivity contribution in [1.29, 1.82) is 0 Å². The standard InChI is InChI=1S/C9H9BrN2O/c1-6-3-4-7(13-2)9-11-5-8(10)12(6)9/h3-5H,1-2H3. The molecule has 2 aromatic heterocycles. The molecule has 0 aliphatic carbocycles. The summed E-state index contributed by atoms with van der Waals surface area (Å²) in [5.74, 6) is 0.788. The van der Waals surface area contributed by atoms with Crippen LogP contribution >= 0.6 is 15.9 Å². The Morgan fingerprint density at radius 2 is 2.23 bits per heavy atom. The molecule has 0 unspecified atom stereocenters. The Balaban J connectivity index is 2.87. The van der Waals surface area contributed by atoms with Gasteiger partial charge in [-0.25, -0.2) is 4.98 Å². The molecule has 0 N–H and O–H groups in total. The summed E-state index contributed by atoms with van der Waals surface area (Å²) in [6, 6.07) is 3.92. The third-order valence-corrected chi connectivity index (χ3v) is 2.55. The summed E-state index contributed by atoms with van der Waals surface area (Å²) in [7, 11) is 1.65. The van der Waals surface area contributed by atoms with Gasteiger partial charge < -0.3 is 4.74 Å². The number of hydrogen-bond donors (Lipinski definition) is 0. The van der Waals surface area contributed by atoms with Crippen LogP contribution in [0.25, 0.3) is 5.65 Å². The molecule has 2 heterocycles. The summed E-state index contributed by atoms with van der Waals surface area (Å²) in [5, 5.41) is 0. The van der Waals surface area contributed by atoms with Gasteiger partial charge in [0.05, 0.1) is 13.3 Å². The normalized spacial score (nSPS) is 10.7. The quantitative estimate of drug-likeness (QED) is 0.766. The maximum atomic E-state index is 5.19. The van der Waals surface area contributed by atoms with Crippen LogP contribution < -0.4 is 4.74 Å². The molecule has 0 aliphatic heterocycles. The summed E-state index contributed by atoms with van der Waals surface area (Å²) >= 11 is 3.43. The first-order valence-corrected chi connectivity index (χ1v) is 4.70. The molecule has 3 nitrogen and oxygen atoms in total. The van der Waals surface area contributed by atoms with E-state index in [9.17, 15) is 0 Å². The zero-order valence-corrected chi connectivity index (χ0v) is 9.00. The molecule has 0 amide bonds. The maximum Gasteiger partial charge on any atom is 0.180 e. The number of methoxy groups -OCH3 is 1. The molecule has 0 saturated carbocycles. The second-order valence-corrected chi connectivity index (χ2v) is 3.60. The van der Waals surface area contributed by atoms with E-state index in [2.05, 4.69) is 20.9 Å². The van der Waals surface area contributed by atoms with Gasteiger partial charge in [-0.3, -0.25) is 4.40 Å². The van der Waals surface area contributed by atoms with E-state index < -0.39 is 0 Å². The zero-order valence-electron chi connectivity index (χ0n) is 7.41. The highest BCUT2D eigenvalue weighted by atomic mass is 79.9. The minimum Gasteiger partial charge on any atom is -0.493 e. The van der Waals surface area contributed by atoms with E-state index in [1.807, 2.05) is 23.5 Å². The third-order valence-electron chi connectivity index (χ3n) is 1.99. The van der Waals surface area contributed by atoms with Gasteiger partial charge in [0.15, 0.2) is 11.4 Å². The van der Waals surface area contributed by atoms with Crippen LogP contribution in [0.2, 0.25) is 0 Å². The molecule has 0 atom stereocenters. The molecule has 2 rings (SSSR count). The summed E-state index contributed by atoms with van der Waals surface area (Å²) in [6.45, 7) is 2.03. The van der Waals surface area contributed by atoms with Gasteiger partial charge in [-0.05, 0) is 35.0 Å². The Kier molecular flexibility index (Phi) is 2.00. The van der Waals surface area contributed by atoms with E-state index in [1.165, 1.54) is 0 Å². The Labute approximate surface area is 84.5 Å². The van der Waals surface area contributed by atoms with Gasteiger partial charge >= 0.3 is 0 Å². The number of fused-ring (bicyclic) bond motifs is 1. The van der Waals surface area contributed by atoms with Gasteiger partial charge in [0.1, 0.15) is 4.60 Å². The van der Waals surface area contributed by atoms with Crippen molar-refractivity contribution in [3.8, 4) is 5.75 Å². The van der Waals surface area contributed by atoms with Crippen molar-refractivity contribution < 1.29 is 4.74 Å². The van der Waals surface area contributed by atoms with Crippen LogP contribution in [0.5, 0.6) is 5.75 Å². The summed E-state index contributed by atoms with van der Waals surface area (Å²) in [4.78, 5) is 4.24. The molecule has 68 valence electrons. The molecule has 0 radical (unpaired) electrons. The molecule has 0 spiro atoms. The largest absolute Gasteiger partial charge is 0.493 e. The molecule has 13 heavy (non-hydrogen) atoms. The number of aromatic nitrogens is 2. The van der Waals surface area contributed by atoms with Gasteiger partial charge in [0.2, 0.25) is 0 Å². The lowest BCUT2D eigenvalue weighted by Gasteiger charge is -2.05. The smallest absolute Gasteiger partial charge is 0.180 e. The van der Waals surface area contributed by atoms with Crippen LogP contribution in [-0.4, -0.2) is 16.5 Å². The van der Waals surface area contributed by atoms with Crippen molar-refractivity contribution in [2.24, 2.45) is 0 Å². The second-order valence-electron chi connectivity index (χ2n) is 2.78. The van der Waals surface area contributed by atoms with Crippen LogP contribution in [-0.2, 0) is 0 Å². The fourth-order valence-corrected chi connectivity index (χ4v) is 1.90. The van der Waals surface area contributed by atoms with Crippen LogP contribution in [0.15, 0.2) is 22.9 Å². The molecule has 0 aromatic carbocycles. The highest BCUT2D eigenvalue weighted by molar-refractivity contribution is 9.10. The topological polar surface area (TPSA) is 26.5 Å². The van der Waals surface area contributed by atoms with Crippen molar-refractivity contribution in [3.05, 3.63) is 28.6 Å². The number of halogens is 1. The van der Waals surface area contributed by atoms with E-state index in [1.54, 1.807) is 13.3 Å². The van der Waals surface area contributed by atoms with Crippen molar-refractivity contribution in [2.45, 2.75) is 6.92 Å². The van der Waals surface area contributed by atoms with Gasteiger partial charge in [-0.1, -0.05) is 0 Å².